The van der Waals surface area contributed by atoms with Crippen LogP contribution in [0.1, 0.15) is 43.2 Å². The Labute approximate surface area is 158 Å². The molecule has 3 atom stereocenters. The lowest BCUT2D eigenvalue weighted by Crippen LogP contribution is -2.61. The smallest absolute Gasteiger partial charge is 0.269 e. The van der Waals surface area contributed by atoms with E-state index in [1.807, 2.05) is 24.3 Å². The molecule has 1 heterocycles. The van der Waals surface area contributed by atoms with Crippen molar-refractivity contribution in [2.75, 3.05) is 11.4 Å². The molecule has 2 bridgehead atoms. The van der Waals surface area contributed by atoms with Gasteiger partial charge in [-0.2, -0.15) is 0 Å². The zero-order valence-electron chi connectivity index (χ0n) is 15.3. The lowest BCUT2D eigenvalue weighted by molar-refractivity contribution is -0.384. The Hall–Kier alpha value is -2.56. The molecule has 140 valence electrons. The number of phenolic OH excluding ortho intramolecular Hbond substituents is 1. The predicted octanol–water partition coefficient (Wildman–Crippen LogP) is 4.56. The zero-order chi connectivity index (χ0) is 18.6. The number of fused-ring (bicyclic) bond motifs is 1. The van der Waals surface area contributed by atoms with Crippen molar-refractivity contribution in [3.8, 4) is 5.75 Å². The topological polar surface area (TPSA) is 66.6 Å². The summed E-state index contributed by atoms with van der Waals surface area (Å²) in [4.78, 5) is 13.1. The number of anilines is 1. The van der Waals surface area contributed by atoms with Gasteiger partial charge in [-0.25, -0.2) is 0 Å². The number of hydrogen-bond donors (Lipinski definition) is 1. The van der Waals surface area contributed by atoms with E-state index >= 15 is 0 Å². The molecule has 1 saturated heterocycles. The molecule has 2 fully saturated rings. The van der Waals surface area contributed by atoms with Crippen molar-refractivity contribution in [3.63, 3.8) is 0 Å². The van der Waals surface area contributed by atoms with E-state index in [2.05, 4.69) is 11.0 Å². The summed E-state index contributed by atoms with van der Waals surface area (Å²) in [5.41, 5.74) is 4.17. The average molecular weight is 364 g/mol. The van der Waals surface area contributed by atoms with E-state index < -0.39 is 0 Å². The van der Waals surface area contributed by atoms with Crippen LogP contribution in [0.15, 0.2) is 42.5 Å². The molecule has 0 aromatic heterocycles. The van der Waals surface area contributed by atoms with Gasteiger partial charge in [0.25, 0.3) is 5.69 Å². The maximum atomic E-state index is 11.0. The number of piperidine rings is 1. The molecule has 1 N–H and O–H groups in total. The number of non-ortho nitro benzene ring substituents is 1. The minimum absolute atomic E-state index is 0.146. The third-order valence-electron chi connectivity index (χ3n) is 7.21. The summed E-state index contributed by atoms with van der Waals surface area (Å²) in [7, 11) is 0. The molecule has 2 aromatic carbocycles. The molecule has 2 aromatic rings. The van der Waals surface area contributed by atoms with Gasteiger partial charge in [0.2, 0.25) is 0 Å². The molecular formula is C22H24N2O3. The molecule has 5 heteroatoms. The fourth-order valence-corrected chi connectivity index (χ4v) is 6.08. The summed E-state index contributed by atoms with van der Waals surface area (Å²) in [5.74, 6) is 0.966. The van der Waals surface area contributed by atoms with Crippen molar-refractivity contribution in [1.29, 1.82) is 0 Å². The highest BCUT2D eigenvalue weighted by molar-refractivity contribution is 5.56. The largest absolute Gasteiger partial charge is 0.508 e. The number of rotatable bonds is 2. The number of phenols is 1. The van der Waals surface area contributed by atoms with Gasteiger partial charge < -0.3 is 10.0 Å². The number of aromatic hydroxyl groups is 1. The van der Waals surface area contributed by atoms with Crippen molar-refractivity contribution in [3.05, 3.63) is 63.7 Å². The highest BCUT2D eigenvalue weighted by Crippen LogP contribution is 2.56. The lowest BCUT2D eigenvalue weighted by Gasteiger charge is -2.59. The van der Waals surface area contributed by atoms with Crippen LogP contribution in [0.5, 0.6) is 5.75 Å². The standard InChI is InChI=1S/C22H24N2O3/c25-18-9-4-15-13-21-19-3-1-2-10-22(19,20(15)14-18)11-12-23(21)16-5-7-17(8-6-16)24(26)27/h4-9,14,19,21,25H,1-3,10-13H2/t19-,21+,22+/m1/s1. The van der Waals surface area contributed by atoms with Crippen LogP contribution in [0.25, 0.3) is 0 Å². The van der Waals surface area contributed by atoms with Crippen LogP contribution < -0.4 is 4.90 Å². The van der Waals surface area contributed by atoms with Gasteiger partial charge in [0, 0.05) is 35.8 Å². The second kappa shape index (κ2) is 5.98. The first-order valence-electron chi connectivity index (χ1n) is 9.92. The first-order valence-corrected chi connectivity index (χ1v) is 9.92. The molecule has 27 heavy (non-hydrogen) atoms. The first-order chi connectivity index (χ1) is 13.1. The summed E-state index contributed by atoms with van der Waals surface area (Å²) in [6.45, 7) is 0.966. The molecule has 5 nitrogen and oxygen atoms in total. The van der Waals surface area contributed by atoms with Crippen LogP contribution in [-0.2, 0) is 11.8 Å². The molecule has 0 radical (unpaired) electrons. The molecule has 0 amide bonds. The van der Waals surface area contributed by atoms with Crippen LogP contribution in [-0.4, -0.2) is 22.6 Å². The molecule has 2 aliphatic carbocycles. The lowest BCUT2D eigenvalue weighted by atomic mass is 9.52. The van der Waals surface area contributed by atoms with Crippen molar-refractivity contribution in [1.82, 2.24) is 0 Å². The second-order valence-electron chi connectivity index (χ2n) is 8.34. The Bertz CT molecular complexity index is 895. The van der Waals surface area contributed by atoms with Crippen LogP contribution >= 0.6 is 0 Å². The van der Waals surface area contributed by atoms with Crippen molar-refractivity contribution in [2.45, 2.75) is 50.0 Å². The van der Waals surface area contributed by atoms with Crippen molar-refractivity contribution < 1.29 is 10.0 Å². The number of nitro groups is 1. The number of benzene rings is 2. The van der Waals surface area contributed by atoms with Gasteiger partial charge in [-0.15, -0.1) is 0 Å². The van der Waals surface area contributed by atoms with E-state index in [4.69, 9.17) is 0 Å². The maximum Gasteiger partial charge on any atom is 0.269 e. The van der Waals surface area contributed by atoms with Crippen LogP contribution in [0.2, 0.25) is 0 Å². The summed E-state index contributed by atoms with van der Waals surface area (Å²) in [6, 6.07) is 13.4. The Balaban J connectivity index is 1.56. The van der Waals surface area contributed by atoms with E-state index in [1.54, 1.807) is 12.1 Å². The molecule has 1 saturated carbocycles. The van der Waals surface area contributed by atoms with E-state index in [0.29, 0.717) is 17.7 Å². The highest BCUT2D eigenvalue weighted by Gasteiger charge is 2.53. The first kappa shape index (κ1) is 16.6. The average Bonchev–Trinajstić information content (AvgIpc) is 2.69. The Morgan fingerprint density at radius 1 is 1.11 bits per heavy atom. The maximum absolute atomic E-state index is 11.0. The van der Waals surface area contributed by atoms with Crippen molar-refractivity contribution in [2.24, 2.45) is 5.92 Å². The van der Waals surface area contributed by atoms with Crippen LogP contribution in [0.3, 0.4) is 0 Å². The van der Waals surface area contributed by atoms with E-state index in [9.17, 15) is 15.2 Å². The Morgan fingerprint density at radius 2 is 1.93 bits per heavy atom. The highest BCUT2D eigenvalue weighted by atomic mass is 16.6. The van der Waals surface area contributed by atoms with Crippen molar-refractivity contribution >= 4 is 11.4 Å². The van der Waals surface area contributed by atoms with Gasteiger partial charge in [0.05, 0.1) is 4.92 Å². The molecule has 0 spiro atoms. The quantitative estimate of drug-likeness (QED) is 0.626. The Kier molecular flexibility index (Phi) is 3.67. The third kappa shape index (κ3) is 2.44. The SMILES string of the molecule is O=[N+]([O-])c1ccc(N2CC[C@@]34CCCC[C@@H]3[C@@H]2Cc2ccc(O)cc24)cc1. The number of nitrogens with zero attached hydrogens (tertiary/aromatic N) is 2. The number of nitro benzene ring substituents is 1. The third-order valence-corrected chi connectivity index (χ3v) is 7.21. The molecular weight excluding hydrogens is 340 g/mol. The normalized spacial score (nSPS) is 29.0. The van der Waals surface area contributed by atoms with E-state index in [1.165, 1.54) is 36.8 Å². The molecule has 0 unspecified atom stereocenters. The van der Waals surface area contributed by atoms with Gasteiger partial charge in [0.15, 0.2) is 0 Å². The summed E-state index contributed by atoms with van der Waals surface area (Å²) < 4.78 is 0. The second-order valence-corrected chi connectivity index (χ2v) is 8.34. The zero-order valence-corrected chi connectivity index (χ0v) is 15.3. The summed E-state index contributed by atoms with van der Waals surface area (Å²) in [6.07, 6.45) is 7.03. The Morgan fingerprint density at radius 3 is 2.70 bits per heavy atom. The van der Waals surface area contributed by atoms with E-state index in [-0.39, 0.29) is 16.0 Å². The van der Waals surface area contributed by atoms with Gasteiger partial charge in [-0.1, -0.05) is 18.9 Å². The van der Waals surface area contributed by atoms with E-state index in [0.717, 1.165) is 25.1 Å². The summed E-state index contributed by atoms with van der Waals surface area (Å²) >= 11 is 0. The van der Waals surface area contributed by atoms with Gasteiger partial charge in [-0.3, -0.25) is 10.1 Å². The summed E-state index contributed by atoms with van der Waals surface area (Å²) in [5, 5.41) is 21.1. The fourth-order valence-electron chi connectivity index (χ4n) is 6.08. The minimum Gasteiger partial charge on any atom is -0.508 e. The van der Waals surface area contributed by atoms with Gasteiger partial charge in [0.1, 0.15) is 5.75 Å². The van der Waals surface area contributed by atoms with Gasteiger partial charge >= 0.3 is 0 Å². The monoisotopic (exact) mass is 364 g/mol. The fraction of sp³-hybridized carbons (Fsp3) is 0.455. The van der Waals surface area contributed by atoms with Crippen LogP contribution in [0.4, 0.5) is 11.4 Å². The van der Waals surface area contributed by atoms with Crippen LogP contribution in [0, 0.1) is 16.0 Å². The molecule has 5 rings (SSSR count). The predicted molar refractivity (Wildman–Crippen MR) is 104 cm³/mol. The molecule has 1 aliphatic heterocycles. The molecule has 3 aliphatic rings. The van der Waals surface area contributed by atoms with Gasteiger partial charge in [-0.05, 0) is 67.0 Å². The number of hydrogen-bond acceptors (Lipinski definition) is 4. The minimum atomic E-state index is -0.338.